The molecule has 0 aliphatic rings. The summed E-state index contributed by atoms with van der Waals surface area (Å²) in [5.74, 6) is -0.176. The number of nitrogens with two attached hydrogens (primary N) is 1. The lowest BCUT2D eigenvalue weighted by Gasteiger charge is -2.04. The maximum atomic E-state index is 13.5. The van der Waals surface area contributed by atoms with Gasteiger partial charge in [0.15, 0.2) is 0 Å². The Balaban J connectivity index is 2.16. The minimum Gasteiger partial charge on any atom is -0.472 e. The maximum absolute atomic E-state index is 13.5. The van der Waals surface area contributed by atoms with Gasteiger partial charge in [0.2, 0.25) is 5.95 Å². The summed E-state index contributed by atoms with van der Waals surface area (Å²) in [6.07, 6.45) is 3.18. The van der Waals surface area contributed by atoms with Gasteiger partial charge in [-0.2, -0.15) is 0 Å². The quantitative estimate of drug-likeness (QED) is 0.775. The number of furan rings is 1. The second-order valence-electron chi connectivity index (χ2n) is 3.94. The highest BCUT2D eigenvalue weighted by Gasteiger charge is 2.12. The van der Waals surface area contributed by atoms with Crippen LogP contribution in [0.5, 0.6) is 0 Å². The predicted molar refractivity (Wildman–Crippen MR) is 66.9 cm³/mol. The SMILES string of the molecule is Nc1nc2cc(Cl)c(F)cc2n1Cc1ccoc1. The minimum absolute atomic E-state index is 0.0375. The van der Waals surface area contributed by atoms with E-state index in [1.165, 1.54) is 12.1 Å². The highest BCUT2D eigenvalue weighted by Crippen LogP contribution is 2.25. The van der Waals surface area contributed by atoms with E-state index >= 15 is 0 Å². The van der Waals surface area contributed by atoms with Crippen molar-refractivity contribution in [1.29, 1.82) is 0 Å². The standard InChI is InChI=1S/C12H9ClFN3O/c13-8-3-10-11(4-9(8)14)17(12(15)16-10)5-7-1-2-18-6-7/h1-4,6H,5H2,(H2,15,16). The Bertz CT molecular complexity index is 706. The number of fused-ring (bicyclic) bond motifs is 1. The van der Waals surface area contributed by atoms with Crippen molar-refractivity contribution >= 4 is 28.6 Å². The fraction of sp³-hybridized carbons (Fsp3) is 0.0833. The molecule has 2 aromatic heterocycles. The largest absolute Gasteiger partial charge is 0.472 e. The van der Waals surface area contributed by atoms with Gasteiger partial charge in [-0.15, -0.1) is 0 Å². The number of imidazole rings is 1. The summed E-state index contributed by atoms with van der Waals surface area (Å²) >= 11 is 5.71. The van der Waals surface area contributed by atoms with Crippen molar-refractivity contribution in [3.8, 4) is 0 Å². The van der Waals surface area contributed by atoms with Gasteiger partial charge >= 0.3 is 0 Å². The number of anilines is 1. The normalized spacial score (nSPS) is 11.2. The molecule has 3 rings (SSSR count). The first kappa shape index (κ1) is 11.1. The summed E-state index contributed by atoms with van der Waals surface area (Å²) in [5, 5.41) is 0.0375. The Morgan fingerprint density at radius 3 is 3.00 bits per heavy atom. The molecule has 0 spiro atoms. The topological polar surface area (TPSA) is 57.0 Å². The maximum Gasteiger partial charge on any atom is 0.201 e. The number of aromatic nitrogens is 2. The second-order valence-corrected chi connectivity index (χ2v) is 4.35. The first-order valence-electron chi connectivity index (χ1n) is 5.27. The van der Waals surface area contributed by atoms with Gasteiger partial charge in [-0.05, 0) is 12.1 Å². The van der Waals surface area contributed by atoms with Crippen LogP contribution < -0.4 is 5.73 Å². The molecule has 0 radical (unpaired) electrons. The summed E-state index contributed by atoms with van der Waals surface area (Å²) in [7, 11) is 0. The van der Waals surface area contributed by atoms with E-state index in [2.05, 4.69) is 4.98 Å². The van der Waals surface area contributed by atoms with E-state index in [1.54, 1.807) is 17.1 Å². The van der Waals surface area contributed by atoms with Crippen LogP contribution in [-0.4, -0.2) is 9.55 Å². The van der Waals surface area contributed by atoms with Crippen LogP contribution in [0.1, 0.15) is 5.56 Å². The van der Waals surface area contributed by atoms with E-state index in [1.807, 2.05) is 6.07 Å². The third-order valence-electron chi connectivity index (χ3n) is 2.74. The molecule has 2 N–H and O–H groups in total. The summed E-state index contributed by atoms with van der Waals surface area (Å²) in [6.45, 7) is 0.472. The van der Waals surface area contributed by atoms with Crippen molar-refractivity contribution in [2.24, 2.45) is 0 Å². The van der Waals surface area contributed by atoms with Crippen LogP contribution in [0.2, 0.25) is 5.02 Å². The van der Waals surface area contributed by atoms with Crippen LogP contribution in [0.15, 0.2) is 35.1 Å². The molecule has 0 unspecified atom stereocenters. The zero-order chi connectivity index (χ0) is 12.7. The van der Waals surface area contributed by atoms with Crippen molar-refractivity contribution in [2.75, 3.05) is 5.73 Å². The number of halogens is 2. The molecule has 4 nitrogen and oxygen atoms in total. The predicted octanol–water partition coefficient (Wildman–Crippen LogP) is 3.05. The van der Waals surface area contributed by atoms with Gasteiger partial charge in [-0.25, -0.2) is 9.37 Å². The van der Waals surface area contributed by atoms with Crippen LogP contribution in [0.25, 0.3) is 11.0 Å². The summed E-state index contributed by atoms with van der Waals surface area (Å²) in [5.41, 5.74) is 7.93. The summed E-state index contributed by atoms with van der Waals surface area (Å²) in [6, 6.07) is 4.62. The van der Waals surface area contributed by atoms with Gasteiger partial charge in [-0.3, -0.25) is 0 Å². The third-order valence-corrected chi connectivity index (χ3v) is 3.03. The molecule has 0 bridgehead atoms. The molecule has 0 aliphatic heterocycles. The molecule has 0 amide bonds. The van der Waals surface area contributed by atoms with E-state index in [0.717, 1.165) is 5.56 Å². The first-order valence-corrected chi connectivity index (χ1v) is 5.65. The molecular formula is C12H9ClFN3O. The Morgan fingerprint density at radius 2 is 2.28 bits per heavy atom. The molecule has 18 heavy (non-hydrogen) atoms. The van der Waals surface area contributed by atoms with Crippen molar-refractivity contribution < 1.29 is 8.81 Å². The van der Waals surface area contributed by atoms with Gasteiger partial charge < -0.3 is 14.7 Å². The van der Waals surface area contributed by atoms with Gasteiger partial charge in [0, 0.05) is 11.6 Å². The molecule has 3 aromatic rings. The van der Waals surface area contributed by atoms with E-state index in [0.29, 0.717) is 23.5 Å². The smallest absolute Gasteiger partial charge is 0.201 e. The van der Waals surface area contributed by atoms with Crippen molar-refractivity contribution in [3.05, 3.63) is 47.1 Å². The summed E-state index contributed by atoms with van der Waals surface area (Å²) in [4.78, 5) is 4.15. The van der Waals surface area contributed by atoms with Gasteiger partial charge in [0.05, 0.1) is 35.1 Å². The van der Waals surface area contributed by atoms with Crippen LogP contribution >= 0.6 is 11.6 Å². The highest BCUT2D eigenvalue weighted by atomic mass is 35.5. The van der Waals surface area contributed by atoms with Gasteiger partial charge in [0.1, 0.15) is 5.82 Å². The molecule has 0 saturated heterocycles. The molecule has 0 atom stereocenters. The first-order chi connectivity index (χ1) is 8.65. The Hall–Kier alpha value is -2.01. The molecule has 1 aromatic carbocycles. The molecule has 92 valence electrons. The van der Waals surface area contributed by atoms with E-state index in [4.69, 9.17) is 21.8 Å². The van der Waals surface area contributed by atoms with Gasteiger partial charge in [0.25, 0.3) is 0 Å². The molecular weight excluding hydrogens is 257 g/mol. The fourth-order valence-corrected chi connectivity index (χ4v) is 2.03. The fourth-order valence-electron chi connectivity index (χ4n) is 1.87. The Kier molecular flexibility index (Phi) is 2.48. The minimum atomic E-state index is -0.488. The van der Waals surface area contributed by atoms with Crippen LogP contribution in [0, 0.1) is 5.82 Å². The van der Waals surface area contributed by atoms with Crippen LogP contribution in [-0.2, 0) is 6.54 Å². The monoisotopic (exact) mass is 265 g/mol. The van der Waals surface area contributed by atoms with Crippen molar-refractivity contribution in [1.82, 2.24) is 9.55 Å². The van der Waals surface area contributed by atoms with Crippen molar-refractivity contribution in [2.45, 2.75) is 6.54 Å². The average molecular weight is 266 g/mol. The average Bonchev–Trinajstić information content (AvgIpc) is 2.92. The highest BCUT2D eigenvalue weighted by molar-refractivity contribution is 6.31. The lowest BCUT2D eigenvalue weighted by molar-refractivity contribution is 0.562. The number of nitrogen functional groups attached to an aromatic ring is 1. The third kappa shape index (κ3) is 1.73. The number of rotatable bonds is 2. The molecule has 0 aliphatic carbocycles. The van der Waals surface area contributed by atoms with Crippen molar-refractivity contribution in [3.63, 3.8) is 0 Å². The van der Waals surface area contributed by atoms with E-state index in [-0.39, 0.29) is 5.02 Å². The zero-order valence-electron chi connectivity index (χ0n) is 9.23. The van der Waals surface area contributed by atoms with E-state index in [9.17, 15) is 4.39 Å². The lowest BCUT2D eigenvalue weighted by Crippen LogP contribution is -2.03. The molecule has 0 fully saturated rings. The molecule has 6 heteroatoms. The molecule has 0 saturated carbocycles. The number of benzene rings is 1. The van der Waals surface area contributed by atoms with Gasteiger partial charge in [-0.1, -0.05) is 11.6 Å². The second kappa shape index (κ2) is 4.03. The van der Waals surface area contributed by atoms with E-state index < -0.39 is 5.82 Å². The van der Waals surface area contributed by atoms with Crippen LogP contribution in [0.3, 0.4) is 0 Å². The zero-order valence-corrected chi connectivity index (χ0v) is 9.99. The molecule has 2 heterocycles. The Morgan fingerprint density at radius 1 is 1.44 bits per heavy atom. The Labute approximate surface area is 107 Å². The number of hydrogen-bond donors (Lipinski definition) is 1. The van der Waals surface area contributed by atoms with Crippen LogP contribution in [0.4, 0.5) is 10.3 Å². The lowest BCUT2D eigenvalue weighted by atomic mass is 10.3. The number of nitrogens with zero attached hydrogens (tertiary/aromatic N) is 2. The number of hydrogen-bond acceptors (Lipinski definition) is 3. The summed E-state index contributed by atoms with van der Waals surface area (Å²) < 4.78 is 20.2.